The first-order chi connectivity index (χ1) is 17.0. The third-order valence-corrected chi connectivity index (χ3v) is 7.35. The molecule has 3 aromatic rings. The molecule has 0 saturated carbocycles. The highest BCUT2D eigenvalue weighted by atomic mass is 19.1. The van der Waals surface area contributed by atoms with Crippen molar-refractivity contribution in [3.05, 3.63) is 88.7 Å². The third-order valence-electron chi connectivity index (χ3n) is 7.35. The molecule has 6 rings (SSSR count). The molecule has 176 valence electrons. The molecule has 2 aliphatic heterocycles. The van der Waals surface area contributed by atoms with E-state index in [0.29, 0.717) is 18.1 Å². The SMILES string of the molecule is CN1OC2(CC(C3CCCc4ccccc43)Oc3ccc(-c4ccc(F)c(C#N)c4)cc32)N=C1N. The Morgan fingerprint density at radius 3 is 2.74 bits per heavy atom. The van der Waals surface area contributed by atoms with E-state index in [4.69, 9.17) is 20.3 Å². The zero-order valence-electron chi connectivity index (χ0n) is 19.4. The number of halogens is 1. The normalized spacial score (nSPS) is 24.8. The van der Waals surface area contributed by atoms with Gasteiger partial charge in [-0.05, 0) is 65.8 Å². The number of aliphatic imine (C=N–C) groups is 1. The van der Waals surface area contributed by atoms with E-state index in [1.807, 2.05) is 24.3 Å². The molecule has 2 heterocycles. The molecular formula is C28H25FN4O2. The van der Waals surface area contributed by atoms with Crippen LogP contribution >= 0.6 is 0 Å². The van der Waals surface area contributed by atoms with Gasteiger partial charge in [-0.2, -0.15) is 5.26 Å². The number of hydroxylamine groups is 2. The third kappa shape index (κ3) is 3.53. The van der Waals surface area contributed by atoms with Gasteiger partial charge in [-0.25, -0.2) is 19.3 Å². The zero-order chi connectivity index (χ0) is 24.2. The average Bonchev–Trinajstić information content (AvgIpc) is 3.16. The number of guanidine groups is 1. The van der Waals surface area contributed by atoms with Gasteiger partial charge in [0.25, 0.3) is 0 Å². The first-order valence-electron chi connectivity index (χ1n) is 11.8. The van der Waals surface area contributed by atoms with Crippen LogP contribution in [0.5, 0.6) is 5.75 Å². The van der Waals surface area contributed by atoms with Gasteiger partial charge in [0.2, 0.25) is 11.7 Å². The Morgan fingerprint density at radius 1 is 1.14 bits per heavy atom. The lowest BCUT2D eigenvalue weighted by Gasteiger charge is -2.41. The van der Waals surface area contributed by atoms with Gasteiger partial charge in [-0.1, -0.05) is 36.4 Å². The van der Waals surface area contributed by atoms with Crippen LogP contribution < -0.4 is 10.5 Å². The van der Waals surface area contributed by atoms with E-state index < -0.39 is 11.5 Å². The number of nitriles is 1. The van der Waals surface area contributed by atoms with Gasteiger partial charge in [0.05, 0.1) is 11.1 Å². The van der Waals surface area contributed by atoms with Gasteiger partial charge in [0, 0.05) is 19.4 Å². The van der Waals surface area contributed by atoms with Crippen LogP contribution in [0.3, 0.4) is 0 Å². The lowest BCUT2D eigenvalue weighted by Crippen LogP contribution is -2.42. The van der Waals surface area contributed by atoms with Crippen LogP contribution in [0.2, 0.25) is 0 Å². The maximum atomic E-state index is 13.9. The summed E-state index contributed by atoms with van der Waals surface area (Å²) in [7, 11) is 1.75. The van der Waals surface area contributed by atoms with Crippen molar-refractivity contribution in [3.8, 4) is 22.9 Å². The summed E-state index contributed by atoms with van der Waals surface area (Å²) in [5.74, 6) is 0.690. The highest BCUT2D eigenvalue weighted by Gasteiger charge is 2.50. The molecule has 0 aromatic heterocycles. The smallest absolute Gasteiger partial charge is 0.221 e. The Bertz CT molecular complexity index is 1400. The highest BCUT2D eigenvalue weighted by molar-refractivity contribution is 5.79. The predicted octanol–water partition coefficient (Wildman–Crippen LogP) is 4.98. The summed E-state index contributed by atoms with van der Waals surface area (Å²) < 4.78 is 20.5. The van der Waals surface area contributed by atoms with Crippen molar-refractivity contribution in [2.75, 3.05) is 7.05 Å². The van der Waals surface area contributed by atoms with Crippen molar-refractivity contribution in [2.24, 2.45) is 10.7 Å². The van der Waals surface area contributed by atoms with Crippen LogP contribution in [0.1, 0.15) is 47.4 Å². The molecule has 3 aliphatic rings. The minimum atomic E-state index is -1.02. The minimum absolute atomic E-state index is 0.00123. The molecule has 2 N–H and O–H groups in total. The summed E-state index contributed by atoms with van der Waals surface area (Å²) >= 11 is 0. The standard InChI is InChI=1S/C28H25FN4O2/c1-33-27(31)32-28(35-33)15-26(22-8-4-6-17-5-2-3-7-21(17)22)34-25-12-10-19(14-23(25)28)18-9-11-24(29)20(13-18)16-30/h2-3,5,7,9-14,22,26H,4,6,8,15H2,1H3,(H2,31,32). The number of nitrogens with zero attached hydrogens (tertiary/aromatic N) is 3. The molecule has 0 amide bonds. The Kier molecular flexibility index (Phi) is 5.01. The van der Waals surface area contributed by atoms with E-state index >= 15 is 0 Å². The number of benzene rings is 3. The molecule has 7 heteroatoms. The number of aryl methyl sites for hydroxylation is 1. The fourth-order valence-corrected chi connectivity index (χ4v) is 5.64. The topological polar surface area (TPSA) is 83.9 Å². The number of hydrogen-bond donors (Lipinski definition) is 1. The number of rotatable bonds is 2. The Labute approximate surface area is 203 Å². The molecule has 3 atom stereocenters. The van der Waals surface area contributed by atoms with Crippen molar-refractivity contribution >= 4 is 5.96 Å². The van der Waals surface area contributed by atoms with Gasteiger partial charge >= 0.3 is 0 Å². The fourth-order valence-electron chi connectivity index (χ4n) is 5.64. The molecule has 3 aromatic carbocycles. The summed E-state index contributed by atoms with van der Waals surface area (Å²) in [5.41, 5.74) is 10.2. The molecule has 0 bridgehead atoms. The molecule has 0 saturated heterocycles. The molecule has 1 spiro atoms. The fraction of sp³-hybridized carbons (Fsp3) is 0.286. The van der Waals surface area contributed by atoms with E-state index in [9.17, 15) is 9.65 Å². The van der Waals surface area contributed by atoms with Crippen LogP contribution in [-0.4, -0.2) is 24.2 Å². The number of hydrogen-bond acceptors (Lipinski definition) is 6. The second-order valence-corrected chi connectivity index (χ2v) is 9.42. The van der Waals surface area contributed by atoms with Gasteiger partial charge in [0.1, 0.15) is 23.7 Å². The van der Waals surface area contributed by atoms with E-state index in [0.717, 1.165) is 36.0 Å². The van der Waals surface area contributed by atoms with E-state index in [2.05, 4.69) is 24.3 Å². The van der Waals surface area contributed by atoms with Gasteiger partial charge < -0.3 is 10.5 Å². The number of nitrogens with two attached hydrogens (primary N) is 1. The Balaban J connectivity index is 1.44. The van der Waals surface area contributed by atoms with E-state index in [-0.39, 0.29) is 17.6 Å². The summed E-state index contributed by atoms with van der Waals surface area (Å²) in [4.78, 5) is 11.1. The first-order valence-corrected chi connectivity index (χ1v) is 11.8. The monoisotopic (exact) mass is 468 g/mol. The van der Waals surface area contributed by atoms with Crippen molar-refractivity contribution in [2.45, 2.75) is 43.4 Å². The maximum absolute atomic E-state index is 13.9. The first kappa shape index (κ1) is 21.6. The second kappa shape index (κ2) is 8.10. The summed E-state index contributed by atoms with van der Waals surface area (Å²) in [6, 6.07) is 20.8. The predicted molar refractivity (Wildman–Crippen MR) is 130 cm³/mol. The molecule has 0 radical (unpaired) electrons. The Hall–Kier alpha value is -3.89. The van der Waals surface area contributed by atoms with E-state index in [1.54, 1.807) is 19.2 Å². The van der Waals surface area contributed by atoms with Crippen molar-refractivity contribution in [3.63, 3.8) is 0 Å². The van der Waals surface area contributed by atoms with E-state index in [1.165, 1.54) is 22.3 Å². The minimum Gasteiger partial charge on any atom is -0.489 e. The number of ether oxygens (including phenoxy) is 1. The van der Waals surface area contributed by atoms with Crippen molar-refractivity contribution < 1.29 is 14.0 Å². The van der Waals surface area contributed by atoms with Crippen molar-refractivity contribution in [1.29, 1.82) is 5.26 Å². The second-order valence-electron chi connectivity index (χ2n) is 9.42. The molecule has 35 heavy (non-hydrogen) atoms. The molecule has 6 nitrogen and oxygen atoms in total. The zero-order valence-corrected chi connectivity index (χ0v) is 19.4. The van der Waals surface area contributed by atoms with Crippen LogP contribution in [0, 0.1) is 17.1 Å². The van der Waals surface area contributed by atoms with Crippen molar-refractivity contribution in [1.82, 2.24) is 5.06 Å². The molecule has 3 unspecified atom stereocenters. The quantitative estimate of drug-likeness (QED) is 0.574. The summed E-state index contributed by atoms with van der Waals surface area (Å²) in [6.45, 7) is 0. The molecule has 1 aliphatic carbocycles. The number of fused-ring (bicyclic) bond motifs is 3. The average molecular weight is 469 g/mol. The van der Waals surface area contributed by atoms with Gasteiger partial charge in [-0.3, -0.25) is 0 Å². The molecule has 0 fully saturated rings. The van der Waals surface area contributed by atoms with Crippen LogP contribution in [0.4, 0.5) is 4.39 Å². The largest absolute Gasteiger partial charge is 0.489 e. The summed E-state index contributed by atoms with van der Waals surface area (Å²) in [5, 5.41) is 10.8. The molecular weight excluding hydrogens is 443 g/mol. The van der Waals surface area contributed by atoms with Crippen LogP contribution in [-0.2, 0) is 17.0 Å². The van der Waals surface area contributed by atoms with Crippen LogP contribution in [0.25, 0.3) is 11.1 Å². The lowest BCUT2D eigenvalue weighted by molar-refractivity contribution is -0.192. The summed E-state index contributed by atoms with van der Waals surface area (Å²) in [6.07, 6.45) is 3.61. The van der Waals surface area contributed by atoms with Gasteiger partial charge in [0.15, 0.2) is 0 Å². The highest BCUT2D eigenvalue weighted by Crippen LogP contribution is 2.50. The van der Waals surface area contributed by atoms with Crippen LogP contribution in [0.15, 0.2) is 65.7 Å². The van der Waals surface area contributed by atoms with Gasteiger partial charge in [-0.15, -0.1) is 0 Å². The Morgan fingerprint density at radius 2 is 1.94 bits per heavy atom. The lowest BCUT2D eigenvalue weighted by atomic mass is 9.76. The maximum Gasteiger partial charge on any atom is 0.221 e.